The summed E-state index contributed by atoms with van der Waals surface area (Å²) in [4.78, 5) is 28.6. The predicted molar refractivity (Wildman–Crippen MR) is 106 cm³/mol. The number of aromatic nitrogens is 2. The fourth-order valence-corrected chi connectivity index (χ4v) is 2.60. The van der Waals surface area contributed by atoms with E-state index in [1.54, 1.807) is 19.1 Å². The molecule has 1 N–H and O–H groups in total. The van der Waals surface area contributed by atoms with Crippen molar-refractivity contribution in [2.24, 2.45) is 0 Å². The number of carbonyl (C=O) groups excluding carboxylic acids is 1. The van der Waals surface area contributed by atoms with E-state index < -0.39 is 0 Å². The standard InChI is InChI=1S/C20H27N3O5/c1-5-26-16-11-15(12-17(27-6-2)19(16)28-7-3)20(25)21-8-9-23-13-22-14(4)10-18(23)24/h10-13H,5-9H2,1-4H3,(H,21,25). The van der Waals surface area contributed by atoms with Crippen molar-refractivity contribution in [2.45, 2.75) is 34.2 Å². The number of carbonyl (C=O) groups is 1. The van der Waals surface area contributed by atoms with Gasteiger partial charge >= 0.3 is 0 Å². The van der Waals surface area contributed by atoms with Crippen LogP contribution >= 0.6 is 0 Å². The van der Waals surface area contributed by atoms with Gasteiger partial charge in [-0.05, 0) is 39.8 Å². The average Bonchev–Trinajstić information content (AvgIpc) is 2.66. The summed E-state index contributed by atoms with van der Waals surface area (Å²) in [5, 5.41) is 2.80. The van der Waals surface area contributed by atoms with Crippen LogP contribution in [0.3, 0.4) is 0 Å². The molecule has 0 fully saturated rings. The Hall–Kier alpha value is -3.03. The van der Waals surface area contributed by atoms with Crippen molar-refractivity contribution in [2.75, 3.05) is 26.4 Å². The minimum atomic E-state index is -0.293. The third-order valence-electron chi connectivity index (χ3n) is 3.83. The Balaban J connectivity index is 2.15. The summed E-state index contributed by atoms with van der Waals surface area (Å²) < 4.78 is 18.3. The highest BCUT2D eigenvalue weighted by Crippen LogP contribution is 2.39. The molecule has 1 heterocycles. The number of aryl methyl sites for hydroxylation is 1. The van der Waals surface area contributed by atoms with Crippen molar-refractivity contribution >= 4 is 5.91 Å². The Morgan fingerprint density at radius 1 is 1.04 bits per heavy atom. The number of ether oxygens (including phenoxy) is 3. The fraction of sp³-hybridized carbons (Fsp3) is 0.450. The molecule has 2 rings (SSSR count). The van der Waals surface area contributed by atoms with E-state index in [-0.39, 0.29) is 18.0 Å². The maximum atomic E-state index is 12.6. The Labute approximate surface area is 164 Å². The van der Waals surface area contributed by atoms with Gasteiger partial charge in [0.1, 0.15) is 0 Å². The van der Waals surface area contributed by atoms with Crippen LogP contribution in [0.1, 0.15) is 36.8 Å². The third-order valence-corrected chi connectivity index (χ3v) is 3.83. The first-order chi connectivity index (χ1) is 13.5. The summed E-state index contributed by atoms with van der Waals surface area (Å²) in [6, 6.07) is 4.72. The second kappa shape index (κ2) is 10.3. The van der Waals surface area contributed by atoms with Crippen LogP contribution < -0.4 is 25.1 Å². The molecule has 0 unspecified atom stereocenters. The molecule has 0 aliphatic heterocycles. The zero-order chi connectivity index (χ0) is 20.5. The largest absolute Gasteiger partial charge is 0.490 e. The molecule has 1 aromatic heterocycles. The third kappa shape index (κ3) is 5.48. The normalized spacial score (nSPS) is 10.4. The highest BCUT2D eigenvalue weighted by atomic mass is 16.5. The van der Waals surface area contributed by atoms with Crippen LogP contribution in [-0.2, 0) is 6.54 Å². The molecule has 2 aromatic rings. The summed E-state index contributed by atoms with van der Waals surface area (Å²) in [5.74, 6) is 1.11. The fourth-order valence-electron chi connectivity index (χ4n) is 2.60. The molecule has 0 aliphatic rings. The van der Waals surface area contributed by atoms with Crippen molar-refractivity contribution < 1.29 is 19.0 Å². The van der Waals surface area contributed by atoms with E-state index in [1.165, 1.54) is 17.0 Å². The molecule has 152 valence electrons. The molecule has 1 amide bonds. The molecule has 8 heteroatoms. The van der Waals surface area contributed by atoms with E-state index in [1.807, 2.05) is 20.8 Å². The van der Waals surface area contributed by atoms with Gasteiger partial charge in [-0.3, -0.25) is 14.2 Å². The van der Waals surface area contributed by atoms with Gasteiger partial charge in [-0.25, -0.2) is 4.98 Å². The average molecular weight is 389 g/mol. The van der Waals surface area contributed by atoms with Crippen LogP contribution in [0.15, 0.2) is 29.3 Å². The summed E-state index contributed by atoms with van der Waals surface area (Å²) in [6.07, 6.45) is 1.47. The molecular weight excluding hydrogens is 362 g/mol. The van der Waals surface area contributed by atoms with Gasteiger partial charge in [0, 0.05) is 30.4 Å². The molecule has 0 saturated heterocycles. The van der Waals surface area contributed by atoms with Gasteiger partial charge in [-0.15, -0.1) is 0 Å². The van der Waals surface area contributed by atoms with Gasteiger partial charge in [0.05, 0.1) is 26.1 Å². The SMILES string of the molecule is CCOc1cc(C(=O)NCCn2cnc(C)cc2=O)cc(OCC)c1OCC. The number of amides is 1. The van der Waals surface area contributed by atoms with Crippen molar-refractivity contribution in [3.63, 3.8) is 0 Å². The number of hydrogen-bond acceptors (Lipinski definition) is 6. The van der Waals surface area contributed by atoms with Crippen LogP contribution in [0.2, 0.25) is 0 Å². The lowest BCUT2D eigenvalue weighted by Gasteiger charge is -2.17. The minimum Gasteiger partial charge on any atom is -0.490 e. The number of nitrogens with one attached hydrogen (secondary N) is 1. The molecule has 0 spiro atoms. The summed E-state index contributed by atoms with van der Waals surface area (Å²) in [6.45, 7) is 9.26. The monoisotopic (exact) mass is 389 g/mol. The first-order valence-corrected chi connectivity index (χ1v) is 9.37. The van der Waals surface area contributed by atoms with Crippen molar-refractivity contribution in [1.29, 1.82) is 0 Å². The lowest BCUT2D eigenvalue weighted by atomic mass is 10.1. The topological polar surface area (TPSA) is 91.7 Å². The van der Waals surface area contributed by atoms with Crippen LogP contribution in [-0.4, -0.2) is 41.8 Å². The lowest BCUT2D eigenvalue weighted by molar-refractivity contribution is 0.0951. The Kier molecular flexibility index (Phi) is 7.86. The first kappa shape index (κ1) is 21.3. The van der Waals surface area contributed by atoms with Gasteiger partial charge < -0.3 is 19.5 Å². The predicted octanol–water partition coefficient (Wildman–Crippen LogP) is 2.18. The lowest BCUT2D eigenvalue weighted by Crippen LogP contribution is -2.31. The van der Waals surface area contributed by atoms with E-state index in [2.05, 4.69) is 10.3 Å². The molecule has 0 saturated carbocycles. The highest BCUT2D eigenvalue weighted by Gasteiger charge is 2.18. The minimum absolute atomic E-state index is 0.153. The first-order valence-electron chi connectivity index (χ1n) is 9.37. The molecule has 0 bridgehead atoms. The van der Waals surface area contributed by atoms with Crippen LogP contribution in [0.25, 0.3) is 0 Å². The molecule has 0 radical (unpaired) electrons. The Morgan fingerprint density at radius 2 is 1.64 bits per heavy atom. The highest BCUT2D eigenvalue weighted by molar-refractivity contribution is 5.95. The number of rotatable bonds is 10. The number of nitrogens with zero attached hydrogens (tertiary/aromatic N) is 2. The Bertz CT molecular complexity index is 836. The van der Waals surface area contributed by atoms with Gasteiger partial charge in [0.25, 0.3) is 11.5 Å². The smallest absolute Gasteiger partial charge is 0.253 e. The van der Waals surface area contributed by atoms with E-state index in [0.717, 1.165) is 0 Å². The van der Waals surface area contributed by atoms with Gasteiger partial charge in [0.15, 0.2) is 11.5 Å². The van der Waals surface area contributed by atoms with E-state index in [9.17, 15) is 9.59 Å². The molecular formula is C20H27N3O5. The molecule has 0 aliphatic carbocycles. The van der Waals surface area contributed by atoms with E-state index in [4.69, 9.17) is 14.2 Å². The van der Waals surface area contributed by atoms with Crippen molar-refractivity contribution in [3.05, 3.63) is 46.1 Å². The zero-order valence-electron chi connectivity index (χ0n) is 16.8. The summed E-state index contributed by atoms with van der Waals surface area (Å²) in [5.41, 5.74) is 0.899. The number of hydrogen-bond donors (Lipinski definition) is 1. The maximum absolute atomic E-state index is 12.6. The van der Waals surface area contributed by atoms with Gasteiger partial charge in [-0.1, -0.05) is 0 Å². The molecule has 0 atom stereocenters. The van der Waals surface area contributed by atoms with Crippen LogP contribution in [0.5, 0.6) is 17.2 Å². The quantitative estimate of drug-likeness (QED) is 0.670. The second-order valence-corrected chi connectivity index (χ2v) is 5.92. The van der Waals surface area contributed by atoms with E-state index >= 15 is 0 Å². The van der Waals surface area contributed by atoms with Crippen molar-refractivity contribution in [1.82, 2.24) is 14.9 Å². The van der Waals surface area contributed by atoms with Crippen molar-refractivity contribution in [3.8, 4) is 17.2 Å². The maximum Gasteiger partial charge on any atom is 0.253 e. The van der Waals surface area contributed by atoms with Gasteiger partial charge in [0.2, 0.25) is 5.75 Å². The number of benzene rings is 1. The van der Waals surface area contributed by atoms with Gasteiger partial charge in [-0.2, -0.15) is 0 Å². The Morgan fingerprint density at radius 3 is 2.18 bits per heavy atom. The van der Waals surface area contributed by atoms with Crippen LogP contribution in [0.4, 0.5) is 0 Å². The van der Waals surface area contributed by atoms with E-state index in [0.29, 0.717) is 54.9 Å². The second-order valence-electron chi connectivity index (χ2n) is 5.92. The molecule has 8 nitrogen and oxygen atoms in total. The molecule has 28 heavy (non-hydrogen) atoms. The summed E-state index contributed by atoms with van der Waals surface area (Å²) in [7, 11) is 0. The molecule has 1 aromatic carbocycles. The van der Waals surface area contributed by atoms with Crippen LogP contribution in [0, 0.1) is 6.92 Å². The summed E-state index contributed by atoms with van der Waals surface area (Å²) >= 11 is 0. The zero-order valence-corrected chi connectivity index (χ0v) is 16.8.